The van der Waals surface area contributed by atoms with E-state index in [0.29, 0.717) is 6.04 Å². The summed E-state index contributed by atoms with van der Waals surface area (Å²) in [6.07, 6.45) is 9.24. The second kappa shape index (κ2) is 6.30. The Hall–Kier alpha value is -1.20. The topological polar surface area (TPSA) is 50.3 Å². The summed E-state index contributed by atoms with van der Waals surface area (Å²) < 4.78 is 5.33. The van der Waals surface area contributed by atoms with Gasteiger partial charge >= 0.3 is 0 Å². The maximum atomic E-state index is 5.33. The first-order valence-electron chi connectivity index (χ1n) is 7.29. The van der Waals surface area contributed by atoms with Crippen molar-refractivity contribution in [2.75, 3.05) is 31.2 Å². The van der Waals surface area contributed by atoms with Crippen LogP contribution in [0.2, 0.25) is 0 Å². The summed E-state index contributed by atoms with van der Waals surface area (Å²) in [6, 6.07) is 0.693. The molecule has 0 amide bonds. The molecule has 0 spiro atoms. The predicted octanol–water partition coefficient (Wildman–Crippen LogP) is 1.35. The summed E-state index contributed by atoms with van der Waals surface area (Å²) in [7, 11) is 0. The first-order valence-corrected chi connectivity index (χ1v) is 7.29. The highest BCUT2D eigenvalue weighted by atomic mass is 16.5. The zero-order valence-electron chi connectivity index (χ0n) is 11.3. The Balaban J connectivity index is 1.52. The molecule has 0 bridgehead atoms. The average molecular weight is 262 g/mol. The number of anilines is 1. The Morgan fingerprint density at radius 1 is 1.16 bits per heavy atom. The molecular formula is C14H22N4O. The highest BCUT2D eigenvalue weighted by Gasteiger charge is 2.15. The van der Waals surface area contributed by atoms with Crippen LogP contribution < -0.4 is 10.2 Å². The average Bonchev–Trinajstić information content (AvgIpc) is 3.00. The standard InChI is InChI=1S/C14H22N4O/c1-2-4-13(3-1)15-9-12-10-16-14(17-11-12)18-5-7-19-8-6-18/h10-11,13,15H,1-9H2. The van der Waals surface area contributed by atoms with Gasteiger partial charge in [0.25, 0.3) is 0 Å². The molecule has 2 heterocycles. The maximum Gasteiger partial charge on any atom is 0.225 e. The van der Waals surface area contributed by atoms with E-state index in [-0.39, 0.29) is 0 Å². The predicted molar refractivity (Wildman–Crippen MR) is 74.2 cm³/mol. The van der Waals surface area contributed by atoms with Crippen molar-refractivity contribution in [3.05, 3.63) is 18.0 Å². The molecule has 3 rings (SSSR count). The van der Waals surface area contributed by atoms with Crippen molar-refractivity contribution in [2.24, 2.45) is 0 Å². The Morgan fingerprint density at radius 3 is 2.53 bits per heavy atom. The van der Waals surface area contributed by atoms with E-state index in [0.717, 1.165) is 38.8 Å². The van der Waals surface area contributed by atoms with E-state index in [2.05, 4.69) is 20.2 Å². The van der Waals surface area contributed by atoms with Crippen LogP contribution in [-0.2, 0) is 11.3 Å². The summed E-state index contributed by atoms with van der Waals surface area (Å²) in [6.45, 7) is 4.20. The number of hydrogen-bond acceptors (Lipinski definition) is 5. The first kappa shape index (κ1) is 12.8. The summed E-state index contributed by atoms with van der Waals surface area (Å²) >= 11 is 0. The van der Waals surface area contributed by atoms with Gasteiger partial charge < -0.3 is 15.0 Å². The van der Waals surface area contributed by atoms with Crippen molar-refractivity contribution < 1.29 is 4.74 Å². The third kappa shape index (κ3) is 3.42. The molecule has 0 atom stereocenters. The summed E-state index contributed by atoms with van der Waals surface area (Å²) in [4.78, 5) is 11.1. The molecule has 5 nitrogen and oxygen atoms in total. The van der Waals surface area contributed by atoms with Crippen molar-refractivity contribution >= 4 is 5.95 Å². The molecule has 0 aromatic carbocycles. The number of aromatic nitrogens is 2. The van der Waals surface area contributed by atoms with Crippen LogP contribution >= 0.6 is 0 Å². The van der Waals surface area contributed by atoms with Crippen LogP contribution in [0.25, 0.3) is 0 Å². The number of ether oxygens (including phenoxy) is 1. The largest absolute Gasteiger partial charge is 0.378 e. The molecule has 1 saturated carbocycles. The molecule has 5 heteroatoms. The lowest BCUT2D eigenvalue weighted by molar-refractivity contribution is 0.122. The minimum absolute atomic E-state index is 0.693. The summed E-state index contributed by atoms with van der Waals surface area (Å²) in [5.41, 5.74) is 1.17. The van der Waals surface area contributed by atoms with Crippen LogP contribution in [0.4, 0.5) is 5.95 Å². The zero-order valence-corrected chi connectivity index (χ0v) is 11.3. The molecule has 1 aromatic rings. The van der Waals surface area contributed by atoms with E-state index in [1.54, 1.807) is 0 Å². The van der Waals surface area contributed by atoms with Crippen LogP contribution in [0.3, 0.4) is 0 Å². The van der Waals surface area contributed by atoms with Crippen LogP contribution in [0.15, 0.2) is 12.4 Å². The fraction of sp³-hybridized carbons (Fsp3) is 0.714. The van der Waals surface area contributed by atoms with E-state index >= 15 is 0 Å². The van der Waals surface area contributed by atoms with Gasteiger partial charge in [0.2, 0.25) is 5.95 Å². The van der Waals surface area contributed by atoms with E-state index in [4.69, 9.17) is 4.74 Å². The number of hydrogen-bond donors (Lipinski definition) is 1. The third-order valence-corrected chi connectivity index (χ3v) is 3.94. The second-order valence-corrected chi connectivity index (χ2v) is 5.35. The Morgan fingerprint density at radius 2 is 1.84 bits per heavy atom. The number of morpholine rings is 1. The van der Waals surface area contributed by atoms with Gasteiger partial charge in [0, 0.05) is 43.6 Å². The molecule has 0 radical (unpaired) electrons. The van der Waals surface area contributed by atoms with Crippen LogP contribution in [-0.4, -0.2) is 42.3 Å². The molecule has 2 fully saturated rings. The number of nitrogens with zero attached hydrogens (tertiary/aromatic N) is 3. The van der Waals surface area contributed by atoms with Gasteiger partial charge in [-0.15, -0.1) is 0 Å². The molecular weight excluding hydrogens is 240 g/mol. The molecule has 1 aliphatic heterocycles. The van der Waals surface area contributed by atoms with E-state index in [1.165, 1.54) is 31.2 Å². The van der Waals surface area contributed by atoms with Crippen molar-refractivity contribution in [1.29, 1.82) is 0 Å². The van der Waals surface area contributed by atoms with E-state index < -0.39 is 0 Å². The maximum absolute atomic E-state index is 5.33. The van der Waals surface area contributed by atoms with Crippen molar-refractivity contribution in [2.45, 2.75) is 38.3 Å². The fourth-order valence-corrected chi connectivity index (χ4v) is 2.76. The van der Waals surface area contributed by atoms with Gasteiger partial charge in [-0.05, 0) is 12.8 Å². The lowest BCUT2D eigenvalue weighted by Gasteiger charge is -2.26. The molecule has 0 unspecified atom stereocenters. The third-order valence-electron chi connectivity index (χ3n) is 3.94. The summed E-state index contributed by atoms with van der Waals surface area (Å²) in [5.74, 6) is 0.827. The van der Waals surface area contributed by atoms with E-state index in [9.17, 15) is 0 Å². The molecule has 1 N–H and O–H groups in total. The Labute approximate surface area is 114 Å². The van der Waals surface area contributed by atoms with Gasteiger partial charge in [-0.2, -0.15) is 0 Å². The lowest BCUT2D eigenvalue weighted by Crippen LogP contribution is -2.37. The highest BCUT2D eigenvalue weighted by molar-refractivity contribution is 5.30. The van der Waals surface area contributed by atoms with Crippen molar-refractivity contribution in [1.82, 2.24) is 15.3 Å². The summed E-state index contributed by atoms with van der Waals surface area (Å²) in [5, 5.41) is 3.58. The quantitative estimate of drug-likeness (QED) is 0.887. The van der Waals surface area contributed by atoms with Gasteiger partial charge in [-0.1, -0.05) is 12.8 Å². The van der Waals surface area contributed by atoms with Gasteiger partial charge in [0.15, 0.2) is 0 Å². The van der Waals surface area contributed by atoms with Crippen molar-refractivity contribution in [3.8, 4) is 0 Å². The zero-order chi connectivity index (χ0) is 12.9. The van der Waals surface area contributed by atoms with Crippen LogP contribution in [0, 0.1) is 0 Å². The fourth-order valence-electron chi connectivity index (χ4n) is 2.76. The SMILES string of the molecule is c1nc(N2CCOCC2)ncc1CNC1CCCC1. The monoisotopic (exact) mass is 262 g/mol. The second-order valence-electron chi connectivity index (χ2n) is 5.35. The van der Waals surface area contributed by atoms with Gasteiger partial charge in [0.05, 0.1) is 13.2 Å². The molecule has 19 heavy (non-hydrogen) atoms. The minimum atomic E-state index is 0.693. The van der Waals surface area contributed by atoms with Gasteiger partial charge in [-0.25, -0.2) is 9.97 Å². The smallest absolute Gasteiger partial charge is 0.225 e. The highest BCUT2D eigenvalue weighted by Crippen LogP contribution is 2.18. The van der Waals surface area contributed by atoms with Gasteiger partial charge in [-0.3, -0.25) is 0 Å². The Bertz CT molecular complexity index is 383. The number of nitrogens with one attached hydrogen (secondary N) is 1. The number of rotatable bonds is 4. The molecule has 1 aromatic heterocycles. The minimum Gasteiger partial charge on any atom is -0.378 e. The van der Waals surface area contributed by atoms with E-state index in [1.807, 2.05) is 12.4 Å². The van der Waals surface area contributed by atoms with Crippen LogP contribution in [0.1, 0.15) is 31.2 Å². The van der Waals surface area contributed by atoms with Crippen LogP contribution in [0.5, 0.6) is 0 Å². The molecule has 2 aliphatic rings. The Kier molecular flexibility index (Phi) is 4.25. The van der Waals surface area contributed by atoms with Crippen molar-refractivity contribution in [3.63, 3.8) is 0 Å². The molecule has 1 saturated heterocycles. The normalized spacial score (nSPS) is 20.9. The van der Waals surface area contributed by atoms with Gasteiger partial charge in [0.1, 0.15) is 0 Å². The first-order chi connectivity index (χ1) is 9.42. The lowest BCUT2D eigenvalue weighted by atomic mass is 10.2. The molecule has 104 valence electrons. The molecule has 1 aliphatic carbocycles.